The van der Waals surface area contributed by atoms with Crippen molar-refractivity contribution >= 4 is 16.9 Å². The lowest BCUT2D eigenvalue weighted by Crippen LogP contribution is -2.43. The number of hydrogen-bond acceptors (Lipinski definition) is 4. The van der Waals surface area contributed by atoms with E-state index in [-0.39, 0.29) is 23.6 Å². The normalized spacial score (nSPS) is 19.1. The van der Waals surface area contributed by atoms with Gasteiger partial charge in [0.25, 0.3) is 5.56 Å². The monoisotopic (exact) mass is 400 g/mol. The number of Topliss-reactive ketones (excluding diaryl/α,β-unsaturated/α-hetero) is 1. The van der Waals surface area contributed by atoms with E-state index in [0.717, 1.165) is 25.7 Å². The van der Waals surface area contributed by atoms with Gasteiger partial charge in [-0.1, -0.05) is 38.5 Å². The van der Waals surface area contributed by atoms with Gasteiger partial charge in [-0.15, -0.1) is 0 Å². The summed E-state index contributed by atoms with van der Waals surface area (Å²) >= 11 is 0. The predicted molar refractivity (Wildman–Crippen MR) is 112 cm³/mol. The molecule has 0 aliphatic heterocycles. The van der Waals surface area contributed by atoms with Gasteiger partial charge in [0.2, 0.25) is 0 Å². The largest absolute Gasteiger partial charge is 0.332 e. The van der Waals surface area contributed by atoms with Crippen LogP contribution in [0.3, 0.4) is 0 Å². The van der Waals surface area contributed by atoms with Crippen LogP contribution in [0.1, 0.15) is 71.1 Å². The van der Waals surface area contributed by atoms with E-state index in [1.54, 1.807) is 9.13 Å². The molecule has 29 heavy (non-hydrogen) atoms. The van der Waals surface area contributed by atoms with Crippen LogP contribution >= 0.6 is 0 Å². The molecular weight excluding hydrogens is 368 g/mol. The number of carbonyl (C=O) groups excluding carboxylic acids is 1. The molecule has 2 aliphatic rings. The Kier molecular flexibility index (Phi) is 6.01. The van der Waals surface area contributed by atoms with Crippen molar-refractivity contribution in [1.82, 2.24) is 18.7 Å². The lowest BCUT2D eigenvalue weighted by molar-refractivity contribution is -0.117. The molecule has 0 unspecified atom stereocenters. The second kappa shape index (κ2) is 8.67. The van der Waals surface area contributed by atoms with Gasteiger partial charge in [-0.2, -0.15) is 0 Å². The quantitative estimate of drug-likeness (QED) is 0.746. The maximum Gasteiger partial charge on any atom is 0.332 e. The van der Waals surface area contributed by atoms with Crippen LogP contribution in [0.4, 0.5) is 0 Å². The zero-order valence-corrected chi connectivity index (χ0v) is 17.4. The molecule has 0 bridgehead atoms. The summed E-state index contributed by atoms with van der Waals surface area (Å²) in [6, 6.07) is 0. The molecular formula is C22H32N4O3. The first-order chi connectivity index (χ1) is 14.0. The van der Waals surface area contributed by atoms with Gasteiger partial charge in [-0.3, -0.25) is 18.7 Å². The summed E-state index contributed by atoms with van der Waals surface area (Å²) in [7, 11) is 0. The fourth-order valence-electron chi connectivity index (χ4n) is 5.18. The third-order valence-corrected chi connectivity index (χ3v) is 6.71. The van der Waals surface area contributed by atoms with Crippen molar-refractivity contribution in [3.05, 3.63) is 27.2 Å². The molecule has 0 amide bonds. The van der Waals surface area contributed by atoms with Crippen molar-refractivity contribution in [3.8, 4) is 0 Å². The smallest absolute Gasteiger partial charge is 0.317 e. The fourth-order valence-corrected chi connectivity index (χ4v) is 5.18. The maximum absolute atomic E-state index is 13.4. The van der Waals surface area contributed by atoms with Crippen LogP contribution in [0.15, 0.2) is 15.9 Å². The minimum Gasteiger partial charge on any atom is -0.317 e. The summed E-state index contributed by atoms with van der Waals surface area (Å²) in [6.07, 6.45) is 13.1. The first kappa shape index (κ1) is 20.1. The highest BCUT2D eigenvalue weighted by Crippen LogP contribution is 2.26. The van der Waals surface area contributed by atoms with Gasteiger partial charge in [-0.05, 0) is 44.4 Å². The Balaban J connectivity index is 1.80. The molecule has 2 heterocycles. The number of carbonyl (C=O) groups is 1. The lowest BCUT2D eigenvalue weighted by Gasteiger charge is -2.25. The van der Waals surface area contributed by atoms with Crippen LogP contribution in [-0.2, 0) is 24.4 Å². The van der Waals surface area contributed by atoms with Gasteiger partial charge >= 0.3 is 5.69 Å². The molecule has 2 aromatic heterocycles. The van der Waals surface area contributed by atoms with Crippen molar-refractivity contribution in [2.45, 2.75) is 90.8 Å². The minimum absolute atomic E-state index is 0.0347. The fraction of sp³-hybridized carbons (Fsp3) is 0.727. The van der Waals surface area contributed by atoms with Crippen LogP contribution in [0.5, 0.6) is 0 Å². The van der Waals surface area contributed by atoms with Crippen LogP contribution in [-0.4, -0.2) is 24.5 Å². The Hall–Kier alpha value is -2.18. The van der Waals surface area contributed by atoms with E-state index >= 15 is 0 Å². The molecule has 0 saturated heterocycles. The second-order valence-corrected chi connectivity index (χ2v) is 9.06. The number of imidazole rings is 1. The zero-order chi connectivity index (χ0) is 20.4. The van der Waals surface area contributed by atoms with E-state index in [9.17, 15) is 14.4 Å². The SMILES string of the molecule is CC(=O)Cn1cnc2c1c(=O)n(CC1CCCCC1)c(=O)n2CC1CCCCC1. The molecule has 7 nitrogen and oxygen atoms in total. The molecule has 158 valence electrons. The molecule has 0 atom stereocenters. The zero-order valence-electron chi connectivity index (χ0n) is 17.4. The molecule has 7 heteroatoms. The number of hydrogen-bond donors (Lipinski definition) is 0. The Bertz CT molecular complexity index is 988. The van der Waals surface area contributed by atoms with E-state index < -0.39 is 0 Å². The van der Waals surface area contributed by atoms with Gasteiger partial charge in [0, 0.05) is 13.1 Å². The lowest BCUT2D eigenvalue weighted by atomic mass is 9.89. The Morgan fingerprint density at radius 3 is 2.03 bits per heavy atom. The average molecular weight is 401 g/mol. The van der Waals surface area contributed by atoms with Crippen LogP contribution in [0, 0.1) is 11.8 Å². The Morgan fingerprint density at radius 1 is 0.931 bits per heavy atom. The molecule has 0 aromatic carbocycles. The van der Waals surface area contributed by atoms with Gasteiger partial charge in [0.1, 0.15) is 5.78 Å². The van der Waals surface area contributed by atoms with Crippen molar-refractivity contribution in [2.24, 2.45) is 11.8 Å². The number of aromatic nitrogens is 4. The topological polar surface area (TPSA) is 78.9 Å². The van der Waals surface area contributed by atoms with Crippen LogP contribution in [0.25, 0.3) is 11.2 Å². The van der Waals surface area contributed by atoms with Gasteiger partial charge in [0.15, 0.2) is 11.2 Å². The number of nitrogens with zero attached hydrogens (tertiary/aromatic N) is 4. The molecule has 2 saturated carbocycles. The summed E-state index contributed by atoms with van der Waals surface area (Å²) in [5, 5.41) is 0. The van der Waals surface area contributed by atoms with Gasteiger partial charge in [0.05, 0.1) is 12.9 Å². The average Bonchev–Trinajstić information content (AvgIpc) is 3.13. The molecule has 2 aliphatic carbocycles. The highest BCUT2D eigenvalue weighted by atomic mass is 16.2. The summed E-state index contributed by atoms with van der Waals surface area (Å²) in [5.41, 5.74) is 0.305. The van der Waals surface area contributed by atoms with Crippen molar-refractivity contribution in [1.29, 1.82) is 0 Å². The predicted octanol–water partition coefficient (Wildman–Crippen LogP) is 3.11. The summed E-state index contributed by atoms with van der Waals surface area (Å²) in [5.74, 6) is 0.787. The third kappa shape index (κ3) is 4.23. The van der Waals surface area contributed by atoms with Gasteiger partial charge < -0.3 is 4.57 Å². The van der Waals surface area contributed by atoms with Crippen LogP contribution in [0.2, 0.25) is 0 Å². The number of fused-ring (bicyclic) bond motifs is 1. The Labute approximate surface area is 170 Å². The van der Waals surface area contributed by atoms with E-state index in [4.69, 9.17) is 0 Å². The van der Waals surface area contributed by atoms with E-state index in [1.807, 2.05) is 0 Å². The second-order valence-electron chi connectivity index (χ2n) is 9.06. The Morgan fingerprint density at radius 2 is 1.48 bits per heavy atom. The highest BCUT2D eigenvalue weighted by Gasteiger charge is 2.24. The van der Waals surface area contributed by atoms with Gasteiger partial charge in [-0.25, -0.2) is 9.78 Å². The number of rotatable bonds is 6. The maximum atomic E-state index is 13.4. The molecule has 2 aromatic rings. The standard InChI is InChI=1S/C22H32N4O3/c1-16(27)12-24-15-23-20-19(24)21(28)26(14-18-10-6-3-7-11-18)22(29)25(20)13-17-8-4-2-5-9-17/h15,17-18H,2-14H2,1H3. The molecule has 0 N–H and O–H groups in total. The molecule has 0 spiro atoms. The van der Waals surface area contributed by atoms with E-state index in [2.05, 4.69) is 4.98 Å². The van der Waals surface area contributed by atoms with Crippen molar-refractivity contribution < 1.29 is 4.79 Å². The highest BCUT2D eigenvalue weighted by molar-refractivity contribution is 5.78. The first-order valence-corrected chi connectivity index (χ1v) is 11.2. The number of ketones is 1. The minimum atomic E-state index is -0.297. The van der Waals surface area contributed by atoms with E-state index in [1.165, 1.54) is 56.3 Å². The molecule has 2 fully saturated rings. The van der Waals surface area contributed by atoms with Crippen LogP contribution < -0.4 is 11.2 Å². The summed E-state index contributed by atoms with van der Waals surface area (Å²) in [4.78, 5) is 42.8. The molecule has 0 radical (unpaired) electrons. The third-order valence-electron chi connectivity index (χ3n) is 6.71. The van der Waals surface area contributed by atoms with E-state index in [0.29, 0.717) is 36.1 Å². The van der Waals surface area contributed by atoms with Crippen molar-refractivity contribution in [3.63, 3.8) is 0 Å². The summed E-state index contributed by atoms with van der Waals surface area (Å²) in [6.45, 7) is 2.70. The summed E-state index contributed by atoms with van der Waals surface area (Å²) < 4.78 is 4.76. The molecule has 4 rings (SSSR count). The first-order valence-electron chi connectivity index (χ1n) is 11.2. The van der Waals surface area contributed by atoms with Crippen molar-refractivity contribution in [2.75, 3.05) is 0 Å².